The molecule has 0 aliphatic rings. The molecular formula is C57H35N5. The Morgan fingerprint density at radius 1 is 0.274 bits per heavy atom. The fourth-order valence-electron chi connectivity index (χ4n) is 9.85. The van der Waals surface area contributed by atoms with E-state index >= 15 is 0 Å². The Morgan fingerprint density at radius 3 is 1.24 bits per heavy atom. The predicted octanol–water partition coefficient (Wildman–Crippen LogP) is 14.5. The second kappa shape index (κ2) is 13.6. The third-order valence-corrected chi connectivity index (χ3v) is 12.5. The third kappa shape index (κ3) is 5.12. The summed E-state index contributed by atoms with van der Waals surface area (Å²) in [5.74, 6) is 1.92. The van der Waals surface area contributed by atoms with Crippen LogP contribution in [0, 0.1) is 0 Å². The molecule has 0 aliphatic carbocycles. The highest BCUT2D eigenvalue weighted by Gasteiger charge is 2.27. The summed E-state index contributed by atoms with van der Waals surface area (Å²) in [7, 11) is 0. The monoisotopic (exact) mass is 789 g/mol. The number of hydrogen-bond acceptors (Lipinski definition) is 3. The molecule has 288 valence electrons. The molecule has 0 aliphatic heterocycles. The number of hydrogen-bond donors (Lipinski definition) is 0. The summed E-state index contributed by atoms with van der Waals surface area (Å²) in [6.07, 6.45) is 0. The van der Waals surface area contributed by atoms with Crippen molar-refractivity contribution >= 4 is 65.2 Å². The Balaban J connectivity index is 1.15. The Kier molecular flexibility index (Phi) is 7.54. The highest BCUT2D eigenvalue weighted by molar-refractivity contribution is 6.40. The molecule has 0 saturated heterocycles. The molecule has 62 heavy (non-hydrogen) atoms. The molecule has 5 heteroatoms. The van der Waals surface area contributed by atoms with Crippen molar-refractivity contribution < 1.29 is 0 Å². The van der Waals surface area contributed by atoms with Gasteiger partial charge in [-0.05, 0) is 81.7 Å². The summed E-state index contributed by atoms with van der Waals surface area (Å²) >= 11 is 0. The molecule has 3 heterocycles. The second-order valence-corrected chi connectivity index (χ2v) is 15.9. The second-order valence-electron chi connectivity index (χ2n) is 15.9. The van der Waals surface area contributed by atoms with Crippen LogP contribution in [0.3, 0.4) is 0 Å². The van der Waals surface area contributed by atoms with Crippen molar-refractivity contribution in [3.63, 3.8) is 0 Å². The zero-order valence-electron chi connectivity index (χ0n) is 33.4. The van der Waals surface area contributed by atoms with E-state index in [0.717, 1.165) is 39.1 Å². The summed E-state index contributed by atoms with van der Waals surface area (Å²) in [5, 5.41) is 9.99. The molecule has 0 N–H and O–H groups in total. The molecule has 0 fully saturated rings. The lowest BCUT2D eigenvalue weighted by Crippen LogP contribution is -2.01. The van der Waals surface area contributed by atoms with Gasteiger partial charge in [-0.2, -0.15) is 0 Å². The van der Waals surface area contributed by atoms with Crippen molar-refractivity contribution in [3.8, 4) is 56.7 Å². The minimum absolute atomic E-state index is 0.629. The van der Waals surface area contributed by atoms with Crippen LogP contribution in [0.2, 0.25) is 0 Å². The smallest absolute Gasteiger partial charge is 0.164 e. The van der Waals surface area contributed by atoms with Gasteiger partial charge in [0.15, 0.2) is 17.5 Å². The zero-order valence-corrected chi connectivity index (χ0v) is 33.4. The molecule has 0 atom stereocenters. The van der Waals surface area contributed by atoms with Crippen molar-refractivity contribution in [1.29, 1.82) is 0 Å². The highest BCUT2D eigenvalue weighted by atomic mass is 15.0. The normalized spacial score (nSPS) is 11.9. The lowest BCUT2D eigenvalue weighted by molar-refractivity contribution is 1.07. The van der Waals surface area contributed by atoms with Crippen molar-refractivity contribution in [3.05, 3.63) is 212 Å². The average molecular weight is 790 g/mol. The maximum atomic E-state index is 5.05. The van der Waals surface area contributed by atoms with Gasteiger partial charge in [-0.25, -0.2) is 15.0 Å². The van der Waals surface area contributed by atoms with E-state index in [1.54, 1.807) is 0 Å². The van der Waals surface area contributed by atoms with E-state index in [0.29, 0.717) is 17.5 Å². The number of aromatic nitrogens is 5. The van der Waals surface area contributed by atoms with Gasteiger partial charge in [0.1, 0.15) is 0 Å². The number of rotatable bonds is 6. The standard InChI is InChI=1S/C57H35N5/c1-5-17-36(18-6-1)46-35-49-52-50-44(27-15-29-47(50)61(49)40-23-11-4-12-24-40)42-25-13-14-26-43(42)45-28-16-30-48-51(45)53(52)54(46)62(48)41-33-31-39(32-34-41)57-59-55(37-19-7-2-8-20-37)58-56(60-57)38-21-9-3-10-22-38/h1-35H. The first-order valence-electron chi connectivity index (χ1n) is 21.0. The Hall–Kier alpha value is -8.41. The van der Waals surface area contributed by atoms with Crippen LogP contribution in [0.1, 0.15) is 0 Å². The number of nitrogens with zero attached hydrogens (tertiary/aromatic N) is 5. The minimum atomic E-state index is 0.629. The maximum Gasteiger partial charge on any atom is 0.164 e. The van der Waals surface area contributed by atoms with Gasteiger partial charge in [-0.1, -0.05) is 158 Å². The Labute approximate surface area is 356 Å². The predicted molar refractivity (Wildman–Crippen MR) is 256 cm³/mol. The summed E-state index contributed by atoms with van der Waals surface area (Å²) in [5.41, 5.74) is 12.1. The van der Waals surface area contributed by atoms with E-state index in [4.69, 9.17) is 15.0 Å². The molecule has 0 saturated carbocycles. The van der Waals surface area contributed by atoms with Gasteiger partial charge in [0, 0.05) is 55.2 Å². The molecule has 3 aromatic heterocycles. The van der Waals surface area contributed by atoms with Crippen LogP contribution in [0.25, 0.3) is 122 Å². The molecule has 13 rings (SSSR count). The van der Waals surface area contributed by atoms with Gasteiger partial charge in [0.25, 0.3) is 0 Å². The molecule has 13 aromatic rings. The van der Waals surface area contributed by atoms with Crippen LogP contribution in [-0.4, -0.2) is 24.1 Å². The van der Waals surface area contributed by atoms with E-state index < -0.39 is 0 Å². The zero-order chi connectivity index (χ0) is 40.7. The Morgan fingerprint density at radius 2 is 0.694 bits per heavy atom. The van der Waals surface area contributed by atoms with E-state index in [2.05, 4.69) is 161 Å². The summed E-state index contributed by atoms with van der Waals surface area (Å²) in [6.45, 7) is 0. The van der Waals surface area contributed by atoms with Gasteiger partial charge in [-0.3, -0.25) is 0 Å². The topological polar surface area (TPSA) is 48.5 Å². The first-order chi connectivity index (χ1) is 30.8. The van der Waals surface area contributed by atoms with Crippen LogP contribution in [0.15, 0.2) is 212 Å². The van der Waals surface area contributed by atoms with Crippen molar-refractivity contribution in [1.82, 2.24) is 24.1 Å². The van der Waals surface area contributed by atoms with Gasteiger partial charge in [0.05, 0.1) is 22.1 Å². The molecule has 0 unspecified atom stereocenters. The van der Waals surface area contributed by atoms with Gasteiger partial charge < -0.3 is 9.13 Å². The summed E-state index contributed by atoms with van der Waals surface area (Å²) in [6, 6.07) is 75.7. The SMILES string of the molecule is c1ccc(-c2nc(-c3ccccc3)nc(-c3ccc(-n4c5cccc6c7ccccc7c7cccc8c7c7c(c65)c4c(-c4ccccc4)cc7n8-c4ccccc4)cc3)n2)cc1. The molecular weight excluding hydrogens is 755 g/mol. The fraction of sp³-hybridized carbons (Fsp3) is 0. The van der Waals surface area contributed by atoms with Crippen LogP contribution in [0.5, 0.6) is 0 Å². The van der Waals surface area contributed by atoms with Crippen LogP contribution in [-0.2, 0) is 0 Å². The van der Waals surface area contributed by atoms with E-state index in [9.17, 15) is 0 Å². The first kappa shape index (κ1) is 34.5. The summed E-state index contributed by atoms with van der Waals surface area (Å²) in [4.78, 5) is 15.0. The lowest BCUT2D eigenvalue weighted by atomic mass is 9.92. The van der Waals surface area contributed by atoms with Gasteiger partial charge in [0.2, 0.25) is 0 Å². The van der Waals surface area contributed by atoms with Crippen molar-refractivity contribution in [2.45, 2.75) is 0 Å². The quantitative estimate of drug-likeness (QED) is 0.169. The highest BCUT2D eigenvalue weighted by Crippen LogP contribution is 2.50. The third-order valence-electron chi connectivity index (χ3n) is 12.5. The molecule has 0 radical (unpaired) electrons. The largest absolute Gasteiger partial charge is 0.309 e. The summed E-state index contributed by atoms with van der Waals surface area (Å²) < 4.78 is 4.96. The van der Waals surface area contributed by atoms with E-state index in [1.165, 1.54) is 65.2 Å². The minimum Gasteiger partial charge on any atom is -0.309 e. The van der Waals surface area contributed by atoms with Crippen LogP contribution >= 0.6 is 0 Å². The van der Waals surface area contributed by atoms with Crippen LogP contribution in [0.4, 0.5) is 0 Å². The Bertz CT molecular complexity index is 3760. The van der Waals surface area contributed by atoms with Crippen molar-refractivity contribution in [2.24, 2.45) is 0 Å². The molecule has 10 aromatic carbocycles. The molecule has 5 nitrogen and oxygen atoms in total. The average Bonchev–Trinajstić information content (AvgIpc) is 3.88. The maximum absolute atomic E-state index is 5.05. The van der Waals surface area contributed by atoms with E-state index in [1.807, 2.05) is 60.7 Å². The molecule has 0 amide bonds. The lowest BCUT2D eigenvalue weighted by Gasteiger charge is -2.14. The first-order valence-corrected chi connectivity index (χ1v) is 21.0. The molecule has 0 bridgehead atoms. The van der Waals surface area contributed by atoms with Crippen LogP contribution < -0.4 is 0 Å². The number of benzene rings is 9. The number of para-hydroxylation sites is 1. The van der Waals surface area contributed by atoms with Crippen molar-refractivity contribution in [2.75, 3.05) is 0 Å². The van der Waals surface area contributed by atoms with Gasteiger partial charge in [-0.15, -0.1) is 0 Å². The van der Waals surface area contributed by atoms with E-state index in [-0.39, 0.29) is 0 Å². The van der Waals surface area contributed by atoms with Gasteiger partial charge >= 0.3 is 0 Å². The fourth-order valence-corrected chi connectivity index (χ4v) is 9.85. The molecule has 0 spiro atoms. The number of fused-ring (bicyclic) bond motifs is 3.